The van der Waals surface area contributed by atoms with E-state index in [1.54, 1.807) is 13.8 Å². The van der Waals surface area contributed by atoms with Gasteiger partial charge in [-0.25, -0.2) is 4.79 Å². The van der Waals surface area contributed by atoms with E-state index in [2.05, 4.69) is 5.32 Å². The largest absolute Gasteiger partial charge is 0.480 e. The molecule has 3 heterocycles. The molecule has 1 aromatic carbocycles. The molecule has 2 amide bonds. The van der Waals surface area contributed by atoms with Crippen LogP contribution in [0.4, 0.5) is 0 Å². The number of rotatable bonds is 6. The van der Waals surface area contributed by atoms with E-state index in [4.69, 9.17) is 15.2 Å². The van der Waals surface area contributed by atoms with Crippen LogP contribution in [0.5, 0.6) is 11.5 Å². The summed E-state index contributed by atoms with van der Waals surface area (Å²) < 4.78 is 10.2. The van der Waals surface area contributed by atoms with E-state index >= 15 is 0 Å². The zero-order valence-corrected chi connectivity index (χ0v) is 16.9. The lowest BCUT2D eigenvalue weighted by Crippen LogP contribution is -2.71. The van der Waals surface area contributed by atoms with Crippen molar-refractivity contribution in [2.75, 3.05) is 6.79 Å². The van der Waals surface area contributed by atoms with E-state index in [0.29, 0.717) is 24.3 Å². The normalized spacial score (nSPS) is 27.2. The molecule has 2 saturated heterocycles. The van der Waals surface area contributed by atoms with Crippen LogP contribution in [0.2, 0.25) is 0 Å². The average Bonchev–Trinajstić information content (AvgIpc) is 3.24. The summed E-state index contributed by atoms with van der Waals surface area (Å²) in [7, 11) is 0. The maximum absolute atomic E-state index is 12.5. The van der Waals surface area contributed by atoms with E-state index in [0.717, 1.165) is 5.56 Å². The summed E-state index contributed by atoms with van der Waals surface area (Å²) >= 11 is 1.38. The number of hydrogen-bond donors (Lipinski definition) is 3. The minimum atomic E-state index is -1.04. The second-order valence-corrected chi connectivity index (χ2v) is 9.65. The van der Waals surface area contributed by atoms with Gasteiger partial charge in [0, 0.05) is 4.75 Å². The van der Waals surface area contributed by atoms with Gasteiger partial charge in [-0.05, 0) is 38.3 Å². The summed E-state index contributed by atoms with van der Waals surface area (Å²) in [4.78, 5) is 37.9. The fourth-order valence-electron chi connectivity index (χ4n) is 4.04. The summed E-state index contributed by atoms with van der Waals surface area (Å²) in [6.07, 6.45) is 0.898. The number of aliphatic carboxylic acids is 1. The molecule has 2 fully saturated rings. The molecule has 1 aromatic rings. The highest BCUT2D eigenvalue weighted by atomic mass is 32.2. The Morgan fingerprint density at radius 3 is 2.90 bits per heavy atom. The number of carboxylic acids is 1. The number of aryl methyl sites for hydroxylation is 1. The molecule has 4 rings (SSSR count). The SMILES string of the molecule is CC1(C)S[C@@H]2[C@H](NC(=O)C(N)CCc3cccc4c3OCO4)C(=O)N2[C@H]1C(=O)O. The van der Waals surface area contributed by atoms with Gasteiger partial charge in [0.25, 0.3) is 0 Å². The molecule has 4 N–H and O–H groups in total. The van der Waals surface area contributed by atoms with E-state index in [1.807, 2.05) is 18.2 Å². The van der Waals surface area contributed by atoms with Crippen LogP contribution in [0, 0.1) is 0 Å². The third kappa shape index (κ3) is 3.29. The van der Waals surface area contributed by atoms with E-state index in [-0.39, 0.29) is 12.7 Å². The second kappa shape index (κ2) is 7.10. The number of nitrogens with two attached hydrogens (primary N) is 1. The highest BCUT2D eigenvalue weighted by Gasteiger charge is 2.64. The number of thioether (sulfide) groups is 1. The van der Waals surface area contributed by atoms with Gasteiger partial charge in [0.05, 0.1) is 6.04 Å². The zero-order valence-electron chi connectivity index (χ0n) is 16.1. The predicted molar refractivity (Wildman–Crippen MR) is 105 cm³/mol. The van der Waals surface area contributed by atoms with Crippen LogP contribution >= 0.6 is 11.8 Å². The topological polar surface area (TPSA) is 131 Å². The number of nitrogens with zero attached hydrogens (tertiary/aromatic N) is 1. The van der Waals surface area contributed by atoms with Crippen LogP contribution in [0.1, 0.15) is 25.8 Å². The maximum atomic E-state index is 12.5. The predicted octanol–water partition coefficient (Wildman–Crippen LogP) is 0.307. The number of ether oxygens (including phenoxy) is 2. The number of carboxylic acid groups (broad SMARTS) is 1. The molecule has 0 spiro atoms. The third-order valence-corrected chi connectivity index (χ3v) is 7.08. The van der Waals surface area contributed by atoms with Crippen molar-refractivity contribution in [3.05, 3.63) is 23.8 Å². The molecule has 1 unspecified atom stereocenters. The zero-order chi connectivity index (χ0) is 20.9. The summed E-state index contributed by atoms with van der Waals surface area (Å²) in [6, 6.07) is 3.11. The molecule has 3 aliphatic heterocycles. The van der Waals surface area contributed by atoms with Crippen molar-refractivity contribution in [1.29, 1.82) is 0 Å². The first-order valence-electron chi connectivity index (χ1n) is 9.37. The van der Waals surface area contributed by atoms with Crippen molar-refractivity contribution in [1.82, 2.24) is 10.2 Å². The van der Waals surface area contributed by atoms with E-state index in [1.165, 1.54) is 16.7 Å². The average molecular weight is 421 g/mol. The molecule has 29 heavy (non-hydrogen) atoms. The van der Waals surface area contributed by atoms with Crippen LogP contribution in [0.15, 0.2) is 18.2 Å². The van der Waals surface area contributed by atoms with Crippen LogP contribution in [0.3, 0.4) is 0 Å². The van der Waals surface area contributed by atoms with E-state index < -0.39 is 40.1 Å². The summed E-state index contributed by atoms with van der Waals surface area (Å²) in [5.74, 6) is -0.498. The third-order valence-electron chi connectivity index (χ3n) is 5.51. The number of fused-ring (bicyclic) bond motifs is 2. The first-order valence-corrected chi connectivity index (χ1v) is 10.2. The summed E-state index contributed by atoms with van der Waals surface area (Å²) in [5.41, 5.74) is 6.95. The van der Waals surface area contributed by atoms with Crippen molar-refractivity contribution in [2.45, 2.75) is 54.9 Å². The lowest BCUT2D eigenvalue weighted by atomic mass is 9.95. The molecule has 3 aliphatic rings. The van der Waals surface area contributed by atoms with Crippen molar-refractivity contribution in [3.63, 3.8) is 0 Å². The van der Waals surface area contributed by atoms with Gasteiger partial charge in [0.15, 0.2) is 11.5 Å². The van der Waals surface area contributed by atoms with E-state index in [9.17, 15) is 19.5 Å². The standard InChI is InChI=1S/C19H23N3O6S/c1-19(2)14(18(25)26)22-16(24)12(17(22)29-19)21-15(23)10(20)7-6-9-4-3-5-11-13(9)28-8-27-11/h3-5,10,12,14,17H,6-8,20H2,1-2H3,(H,21,23)(H,25,26)/t10?,12-,14+,17-/m1/s1. The maximum Gasteiger partial charge on any atom is 0.327 e. The van der Waals surface area contributed by atoms with Crippen molar-refractivity contribution in [2.24, 2.45) is 5.73 Å². The first kappa shape index (κ1) is 19.8. The second-order valence-electron chi connectivity index (χ2n) is 7.88. The van der Waals surface area contributed by atoms with Crippen LogP contribution < -0.4 is 20.5 Å². The van der Waals surface area contributed by atoms with Gasteiger partial charge in [-0.15, -0.1) is 11.8 Å². The van der Waals surface area contributed by atoms with Crippen molar-refractivity contribution in [3.8, 4) is 11.5 Å². The molecule has 0 radical (unpaired) electrons. The van der Waals surface area contributed by atoms with Gasteiger partial charge < -0.3 is 30.5 Å². The monoisotopic (exact) mass is 421 g/mol. The number of amides is 2. The van der Waals surface area contributed by atoms with Crippen molar-refractivity contribution < 1.29 is 29.0 Å². The Kier molecular flexibility index (Phi) is 4.86. The van der Waals surface area contributed by atoms with Crippen LogP contribution in [-0.2, 0) is 20.8 Å². The fourth-order valence-corrected chi connectivity index (χ4v) is 5.66. The fraction of sp³-hybridized carbons (Fsp3) is 0.526. The van der Waals surface area contributed by atoms with Gasteiger partial charge >= 0.3 is 5.97 Å². The Labute approximate surface area is 171 Å². The Morgan fingerprint density at radius 2 is 2.17 bits per heavy atom. The van der Waals surface area contributed by atoms with Crippen molar-refractivity contribution >= 4 is 29.5 Å². The number of nitrogens with one attached hydrogen (secondary N) is 1. The lowest BCUT2D eigenvalue weighted by molar-refractivity contribution is -0.161. The molecule has 0 aromatic heterocycles. The van der Waals surface area contributed by atoms with Crippen LogP contribution in [-0.4, -0.2) is 62.8 Å². The van der Waals surface area contributed by atoms with Gasteiger partial charge in [0.2, 0.25) is 18.6 Å². The van der Waals surface area contributed by atoms with Gasteiger partial charge in [0.1, 0.15) is 17.5 Å². The van der Waals surface area contributed by atoms with Gasteiger partial charge in [-0.1, -0.05) is 12.1 Å². The Hall–Kier alpha value is -2.46. The minimum Gasteiger partial charge on any atom is -0.480 e. The molecule has 4 atom stereocenters. The number of carbonyl (C=O) groups excluding carboxylic acids is 2. The Balaban J connectivity index is 1.35. The number of para-hydroxylation sites is 1. The lowest BCUT2D eigenvalue weighted by Gasteiger charge is -2.43. The summed E-state index contributed by atoms with van der Waals surface area (Å²) in [5, 5.41) is 11.8. The first-order chi connectivity index (χ1) is 13.7. The molecule has 156 valence electrons. The van der Waals surface area contributed by atoms with Gasteiger partial charge in [-0.3, -0.25) is 9.59 Å². The number of carbonyl (C=O) groups is 3. The summed E-state index contributed by atoms with van der Waals surface area (Å²) in [6.45, 7) is 3.75. The smallest absolute Gasteiger partial charge is 0.327 e. The van der Waals surface area contributed by atoms with Crippen LogP contribution in [0.25, 0.3) is 0 Å². The highest BCUT2D eigenvalue weighted by Crippen LogP contribution is 2.50. The number of benzene rings is 1. The molecule has 0 saturated carbocycles. The molecular formula is C19H23N3O6S. The molecule has 0 bridgehead atoms. The molecule has 0 aliphatic carbocycles. The minimum absolute atomic E-state index is 0.173. The Bertz CT molecular complexity index is 876. The number of β-lactam (4-membered cyclic amide) rings is 1. The number of hydrogen-bond acceptors (Lipinski definition) is 7. The molecule has 9 nitrogen and oxygen atoms in total. The molecular weight excluding hydrogens is 398 g/mol. The quantitative estimate of drug-likeness (QED) is 0.559. The highest BCUT2D eigenvalue weighted by molar-refractivity contribution is 8.01. The van der Waals surface area contributed by atoms with Gasteiger partial charge in [-0.2, -0.15) is 0 Å². The Morgan fingerprint density at radius 1 is 1.41 bits per heavy atom. The molecule has 10 heteroatoms.